The topological polar surface area (TPSA) is 71.1 Å². The number of hydrogen-bond acceptors (Lipinski definition) is 5. The lowest BCUT2D eigenvalue weighted by atomic mass is 10.2. The van der Waals surface area contributed by atoms with Crippen LogP contribution in [0.4, 0.5) is 10.8 Å². The van der Waals surface area contributed by atoms with Crippen LogP contribution < -0.4 is 10.6 Å². The third-order valence-electron chi connectivity index (χ3n) is 4.42. The number of hydrogen-bond donors (Lipinski definition) is 2. The lowest BCUT2D eigenvalue weighted by Gasteiger charge is -2.23. The molecule has 0 fully saturated rings. The van der Waals surface area contributed by atoms with Gasteiger partial charge in [0.15, 0.2) is 5.13 Å². The normalized spacial score (nSPS) is 19.4. The second kappa shape index (κ2) is 7.17. The molecule has 0 bridgehead atoms. The average Bonchev–Trinajstić information content (AvgIpc) is 2.83. The third kappa shape index (κ3) is 3.72. The molecule has 2 N–H and O–H groups in total. The van der Waals surface area contributed by atoms with Gasteiger partial charge in [0.1, 0.15) is 0 Å². The maximum Gasteiger partial charge on any atom is 0.238 e. The highest BCUT2D eigenvalue weighted by molar-refractivity contribution is 8.01. The number of aromatic nitrogens is 1. The number of rotatable bonds is 3. The van der Waals surface area contributed by atoms with Crippen LogP contribution in [-0.2, 0) is 22.4 Å². The van der Waals surface area contributed by atoms with E-state index in [9.17, 15) is 9.59 Å². The summed E-state index contributed by atoms with van der Waals surface area (Å²) < 4.78 is 0. The van der Waals surface area contributed by atoms with Gasteiger partial charge < -0.3 is 10.6 Å². The first kappa shape index (κ1) is 16.6. The van der Waals surface area contributed by atoms with Crippen molar-refractivity contribution >= 4 is 45.7 Å². The second-order valence-electron chi connectivity index (χ2n) is 6.29. The van der Waals surface area contributed by atoms with Crippen LogP contribution in [0.2, 0.25) is 0 Å². The third-order valence-corrected chi connectivity index (χ3v) is 6.77. The van der Waals surface area contributed by atoms with Gasteiger partial charge >= 0.3 is 0 Å². The minimum absolute atomic E-state index is 0.117. The molecule has 5 nitrogen and oxygen atoms in total. The molecule has 7 heteroatoms. The summed E-state index contributed by atoms with van der Waals surface area (Å²) in [4.78, 5) is 31.5. The Morgan fingerprint density at radius 1 is 1.24 bits per heavy atom. The summed E-state index contributed by atoms with van der Waals surface area (Å²) in [6, 6.07) is 7.66. The molecule has 25 heavy (non-hydrogen) atoms. The molecule has 0 unspecified atom stereocenters. The number of aryl methyl sites for hydroxylation is 2. The fourth-order valence-electron chi connectivity index (χ4n) is 3.15. The summed E-state index contributed by atoms with van der Waals surface area (Å²) in [6.45, 7) is 0. The zero-order chi connectivity index (χ0) is 17.2. The molecular formula is C18H19N3O2S2. The molecule has 2 amide bonds. The predicted molar refractivity (Wildman–Crippen MR) is 101 cm³/mol. The Labute approximate surface area is 154 Å². The number of amides is 2. The average molecular weight is 374 g/mol. The molecule has 0 radical (unpaired) electrons. The van der Waals surface area contributed by atoms with Crippen molar-refractivity contribution in [2.24, 2.45) is 0 Å². The van der Waals surface area contributed by atoms with Crippen LogP contribution in [0.3, 0.4) is 0 Å². The highest BCUT2D eigenvalue weighted by Gasteiger charge is 2.29. The first-order valence-electron chi connectivity index (χ1n) is 8.54. The quantitative estimate of drug-likeness (QED) is 0.802. The smallest absolute Gasteiger partial charge is 0.238 e. The van der Waals surface area contributed by atoms with Gasteiger partial charge in [-0.15, -0.1) is 23.1 Å². The number of thiazole rings is 1. The van der Waals surface area contributed by atoms with Crippen molar-refractivity contribution in [1.82, 2.24) is 4.98 Å². The van der Waals surface area contributed by atoms with Crippen LogP contribution in [0.1, 0.15) is 36.3 Å². The Morgan fingerprint density at radius 3 is 3.00 bits per heavy atom. The molecule has 0 spiro atoms. The minimum atomic E-state index is -0.410. The molecular weight excluding hydrogens is 354 g/mol. The van der Waals surface area contributed by atoms with Crippen LogP contribution in [0.15, 0.2) is 29.2 Å². The summed E-state index contributed by atoms with van der Waals surface area (Å²) >= 11 is 3.02. The zero-order valence-corrected chi connectivity index (χ0v) is 15.3. The van der Waals surface area contributed by atoms with Gasteiger partial charge in [0, 0.05) is 16.2 Å². The molecule has 1 atom stereocenters. The number of nitrogens with zero attached hydrogens (tertiary/aromatic N) is 1. The van der Waals surface area contributed by atoms with Crippen molar-refractivity contribution in [2.45, 2.75) is 48.7 Å². The number of benzene rings is 1. The molecule has 130 valence electrons. The van der Waals surface area contributed by atoms with Crippen LogP contribution in [0.5, 0.6) is 0 Å². The predicted octanol–water partition coefficient (Wildman–Crippen LogP) is 3.85. The molecule has 2 heterocycles. The van der Waals surface area contributed by atoms with Crippen LogP contribution >= 0.6 is 23.1 Å². The van der Waals surface area contributed by atoms with Gasteiger partial charge in [-0.1, -0.05) is 18.6 Å². The Kier molecular flexibility index (Phi) is 4.76. The van der Waals surface area contributed by atoms with E-state index >= 15 is 0 Å². The highest BCUT2D eigenvalue weighted by atomic mass is 32.2. The Morgan fingerprint density at radius 2 is 2.08 bits per heavy atom. The second-order valence-corrected chi connectivity index (χ2v) is 8.62. The van der Waals surface area contributed by atoms with Gasteiger partial charge in [0.05, 0.1) is 16.6 Å². The standard InChI is InChI=1S/C18H19N3O2S2/c22-16(21-18-20-12-6-2-1-3-8-14(12)25-18)10-15-17(23)19-11-7-4-5-9-13(11)24-15/h4-5,7,9,15H,1-3,6,8,10H2,(H,19,23)(H,20,21,22)/t15-/m1/s1. The van der Waals surface area contributed by atoms with Crippen LogP contribution in [0, 0.1) is 0 Å². The number of fused-ring (bicyclic) bond motifs is 2. The molecule has 4 rings (SSSR count). The van der Waals surface area contributed by atoms with Crippen molar-refractivity contribution in [3.63, 3.8) is 0 Å². The molecule has 2 aromatic rings. The minimum Gasteiger partial charge on any atom is -0.324 e. The van der Waals surface area contributed by atoms with Crippen molar-refractivity contribution in [3.05, 3.63) is 34.8 Å². The van der Waals surface area contributed by atoms with E-state index in [2.05, 4.69) is 15.6 Å². The summed E-state index contributed by atoms with van der Waals surface area (Å²) in [5.74, 6) is -0.273. The summed E-state index contributed by atoms with van der Waals surface area (Å²) in [6.07, 6.45) is 5.82. The number of thioether (sulfide) groups is 1. The van der Waals surface area contributed by atoms with Gasteiger partial charge in [0.2, 0.25) is 11.8 Å². The number of nitrogens with one attached hydrogen (secondary N) is 2. The molecule has 1 aliphatic heterocycles. The van der Waals surface area contributed by atoms with Crippen molar-refractivity contribution in [3.8, 4) is 0 Å². The van der Waals surface area contributed by atoms with Gasteiger partial charge in [-0.3, -0.25) is 9.59 Å². The lowest BCUT2D eigenvalue weighted by molar-refractivity contribution is -0.120. The maximum atomic E-state index is 12.4. The maximum absolute atomic E-state index is 12.4. The van der Waals surface area contributed by atoms with E-state index in [0.717, 1.165) is 29.1 Å². The van der Waals surface area contributed by atoms with Gasteiger partial charge in [-0.2, -0.15) is 0 Å². The number of carbonyl (C=O) groups is 2. The first-order chi connectivity index (χ1) is 12.2. The molecule has 0 saturated carbocycles. The monoisotopic (exact) mass is 373 g/mol. The van der Waals surface area contributed by atoms with Gasteiger partial charge in [-0.05, 0) is 37.8 Å². The van der Waals surface area contributed by atoms with Gasteiger partial charge in [0.25, 0.3) is 0 Å². The van der Waals surface area contributed by atoms with Crippen molar-refractivity contribution < 1.29 is 9.59 Å². The zero-order valence-electron chi connectivity index (χ0n) is 13.7. The van der Waals surface area contributed by atoms with E-state index in [1.165, 1.54) is 35.9 Å². The molecule has 1 aliphatic carbocycles. The van der Waals surface area contributed by atoms with E-state index in [1.807, 2.05) is 24.3 Å². The molecule has 1 aromatic heterocycles. The van der Waals surface area contributed by atoms with E-state index in [0.29, 0.717) is 5.13 Å². The fraction of sp³-hybridized carbons (Fsp3) is 0.389. The largest absolute Gasteiger partial charge is 0.324 e. The van der Waals surface area contributed by atoms with E-state index in [-0.39, 0.29) is 18.2 Å². The van der Waals surface area contributed by atoms with Crippen LogP contribution in [0.25, 0.3) is 0 Å². The first-order valence-corrected chi connectivity index (χ1v) is 10.2. The molecule has 2 aliphatic rings. The Hall–Kier alpha value is -1.86. The number of anilines is 2. The lowest BCUT2D eigenvalue weighted by Crippen LogP contribution is -2.32. The van der Waals surface area contributed by atoms with Gasteiger partial charge in [-0.25, -0.2) is 4.98 Å². The van der Waals surface area contributed by atoms with E-state index < -0.39 is 5.25 Å². The summed E-state index contributed by atoms with van der Waals surface area (Å²) in [5.41, 5.74) is 1.95. The fourth-order valence-corrected chi connectivity index (χ4v) is 5.32. The number of carbonyl (C=O) groups excluding carboxylic acids is 2. The molecule has 0 saturated heterocycles. The summed E-state index contributed by atoms with van der Waals surface area (Å²) in [7, 11) is 0. The summed E-state index contributed by atoms with van der Waals surface area (Å²) in [5, 5.41) is 6.02. The SMILES string of the molecule is O=C(C[C@H]1Sc2ccccc2NC1=O)Nc1nc2c(s1)CCCCC2. The Bertz CT molecular complexity index is 795. The van der Waals surface area contributed by atoms with E-state index in [4.69, 9.17) is 0 Å². The number of para-hydroxylation sites is 1. The van der Waals surface area contributed by atoms with Crippen molar-refractivity contribution in [1.29, 1.82) is 0 Å². The highest BCUT2D eigenvalue weighted by Crippen LogP contribution is 2.37. The van der Waals surface area contributed by atoms with E-state index in [1.54, 1.807) is 11.3 Å². The van der Waals surface area contributed by atoms with Crippen molar-refractivity contribution in [2.75, 3.05) is 10.6 Å². The Balaban J connectivity index is 1.40. The van der Waals surface area contributed by atoms with Crippen LogP contribution in [-0.4, -0.2) is 22.0 Å². The molecule has 1 aromatic carbocycles.